The number of aliphatic hydroxyl groups is 1. The van der Waals surface area contributed by atoms with Crippen molar-refractivity contribution in [2.75, 3.05) is 0 Å². The third kappa shape index (κ3) is 11.0. The van der Waals surface area contributed by atoms with Crippen LogP contribution in [-0.2, 0) is 9.59 Å². The number of carboxylic acid groups (broad SMARTS) is 1. The van der Waals surface area contributed by atoms with E-state index in [1.807, 2.05) is 13.8 Å². The lowest BCUT2D eigenvalue weighted by atomic mass is 9.74. The van der Waals surface area contributed by atoms with Crippen LogP contribution in [0.1, 0.15) is 104 Å². The van der Waals surface area contributed by atoms with Crippen molar-refractivity contribution in [2.24, 2.45) is 23.2 Å². The van der Waals surface area contributed by atoms with Gasteiger partial charge in [0.05, 0.1) is 28.6 Å². The van der Waals surface area contributed by atoms with Crippen molar-refractivity contribution < 1.29 is 19.8 Å². The lowest BCUT2D eigenvalue weighted by Gasteiger charge is -2.31. The van der Waals surface area contributed by atoms with Gasteiger partial charge in [-0.2, -0.15) is 0 Å². The topological polar surface area (TPSA) is 87.5 Å². The number of aromatic nitrogens is 1. The molecule has 0 spiro atoms. The molecule has 0 aliphatic carbocycles. The van der Waals surface area contributed by atoms with E-state index in [-0.39, 0.29) is 11.7 Å². The second-order valence-corrected chi connectivity index (χ2v) is 11.7. The summed E-state index contributed by atoms with van der Waals surface area (Å²) in [4.78, 5) is 28.2. The van der Waals surface area contributed by atoms with Crippen LogP contribution in [0.3, 0.4) is 0 Å². The standard InChI is InChI=1S/C27H45NO4S/c1-18(11-9-13-20(3)15-23-17-33-22(5)28-23)10-8-12-19(2)14-21(4)26(32)27(6,7)24(29)16-25(30)31/h15,17-19,21,24,29H,8-14,16H2,1-7H3,(H,30,31)/b20-15+. The van der Waals surface area contributed by atoms with E-state index in [4.69, 9.17) is 5.11 Å². The molecule has 1 heterocycles. The Morgan fingerprint density at radius 3 is 2.30 bits per heavy atom. The molecular formula is C27H45NO4S. The summed E-state index contributed by atoms with van der Waals surface area (Å²) in [6, 6.07) is 0. The molecule has 0 aromatic carbocycles. The average molecular weight is 480 g/mol. The number of aliphatic carboxylic acids is 1. The van der Waals surface area contributed by atoms with Crippen molar-refractivity contribution in [2.45, 2.75) is 106 Å². The maximum Gasteiger partial charge on any atom is 0.306 e. The number of hydrogen-bond acceptors (Lipinski definition) is 5. The zero-order valence-electron chi connectivity index (χ0n) is 21.7. The Bertz CT molecular complexity index is 783. The summed E-state index contributed by atoms with van der Waals surface area (Å²) in [7, 11) is 0. The van der Waals surface area contributed by atoms with E-state index >= 15 is 0 Å². The van der Waals surface area contributed by atoms with E-state index in [1.54, 1.807) is 25.2 Å². The average Bonchev–Trinajstić information content (AvgIpc) is 3.11. The van der Waals surface area contributed by atoms with Gasteiger partial charge in [0.2, 0.25) is 0 Å². The van der Waals surface area contributed by atoms with Gasteiger partial charge in [-0.3, -0.25) is 9.59 Å². The zero-order valence-corrected chi connectivity index (χ0v) is 22.5. The monoisotopic (exact) mass is 479 g/mol. The van der Waals surface area contributed by atoms with E-state index in [1.165, 1.54) is 24.8 Å². The lowest BCUT2D eigenvalue weighted by Crippen LogP contribution is -2.41. The molecule has 0 bridgehead atoms. The van der Waals surface area contributed by atoms with Gasteiger partial charge < -0.3 is 10.2 Å². The molecule has 0 saturated carbocycles. The second kappa shape index (κ2) is 14.0. The van der Waals surface area contributed by atoms with Crippen LogP contribution < -0.4 is 0 Å². The molecule has 0 saturated heterocycles. The number of carbonyl (C=O) groups excluding carboxylic acids is 1. The van der Waals surface area contributed by atoms with Gasteiger partial charge in [-0.1, -0.05) is 65.9 Å². The number of nitrogens with zero attached hydrogens (tertiary/aromatic N) is 1. The molecule has 2 N–H and O–H groups in total. The number of aryl methyl sites for hydroxylation is 1. The quantitative estimate of drug-likeness (QED) is 0.268. The number of ketones is 1. The highest BCUT2D eigenvalue weighted by Gasteiger charge is 2.39. The number of thiazole rings is 1. The molecule has 0 radical (unpaired) electrons. The van der Waals surface area contributed by atoms with Gasteiger partial charge >= 0.3 is 5.97 Å². The van der Waals surface area contributed by atoms with Crippen LogP contribution >= 0.6 is 11.3 Å². The van der Waals surface area contributed by atoms with Crippen LogP contribution in [-0.4, -0.2) is 33.1 Å². The van der Waals surface area contributed by atoms with Crippen molar-refractivity contribution in [3.8, 4) is 0 Å². The molecule has 0 fully saturated rings. The predicted molar refractivity (Wildman–Crippen MR) is 137 cm³/mol. The molecule has 188 valence electrons. The van der Waals surface area contributed by atoms with Crippen molar-refractivity contribution in [1.82, 2.24) is 4.98 Å². The summed E-state index contributed by atoms with van der Waals surface area (Å²) in [6.45, 7) is 13.9. The minimum Gasteiger partial charge on any atom is -0.481 e. The van der Waals surface area contributed by atoms with Crippen molar-refractivity contribution in [1.29, 1.82) is 0 Å². The third-order valence-electron chi connectivity index (χ3n) is 6.73. The molecule has 1 rings (SSSR count). The van der Waals surface area contributed by atoms with E-state index in [2.05, 4.69) is 37.2 Å². The van der Waals surface area contributed by atoms with Crippen molar-refractivity contribution >= 4 is 29.2 Å². The van der Waals surface area contributed by atoms with Gasteiger partial charge in [0, 0.05) is 11.3 Å². The highest BCUT2D eigenvalue weighted by molar-refractivity contribution is 7.09. The number of carboxylic acids is 1. The summed E-state index contributed by atoms with van der Waals surface area (Å²) in [5.41, 5.74) is 1.41. The summed E-state index contributed by atoms with van der Waals surface area (Å²) >= 11 is 1.69. The third-order valence-corrected chi connectivity index (χ3v) is 7.52. The minimum absolute atomic E-state index is 0.0484. The molecule has 0 aliphatic heterocycles. The van der Waals surface area contributed by atoms with E-state index in [0.29, 0.717) is 11.8 Å². The first-order chi connectivity index (χ1) is 15.3. The fraction of sp³-hybridized carbons (Fsp3) is 0.741. The Morgan fingerprint density at radius 2 is 1.73 bits per heavy atom. The van der Waals surface area contributed by atoms with Crippen LogP contribution in [0, 0.1) is 30.1 Å². The Labute approximate surface area is 204 Å². The summed E-state index contributed by atoms with van der Waals surface area (Å²) in [6.07, 6.45) is 8.37. The van der Waals surface area contributed by atoms with Crippen LogP contribution in [0.5, 0.6) is 0 Å². The first-order valence-electron chi connectivity index (χ1n) is 12.4. The summed E-state index contributed by atoms with van der Waals surface area (Å²) in [5, 5.41) is 22.3. The van der Waals surface area contributed by atoms with Crippen LogP contribution in [0.4, 0.5) is 0 Å². The van der Waals surface area contributed by atoms with Crippen LogP contribution in [0.2, 0.25) is 0 Å². The summed E-state index contributed by atoms with van der Waals surface area (Å²) in [5.74, 6) is -0.204. The maximum atomic E-state index is 12.8. The molecule has 0 aliphatic rings. The molecule has 33 heavy (non-hydrogen) atoms. The number of hydrogen-bond donors (Lipinski definition) is 2. The summed E-state index contributed by atoms with van der Waals surface area (Å²) < 4.78 is 0. The first-order valence-corrected chi connectivity index (χ1v) is 13.2. The van der Waals surface area contributed by atoms with Crippen LogP contribution in [0.15, 0.2) is 11.0 Å². The number of Topliss-reactive ketones (excluding diaryl/α,β-unsaturated/α-hetero) is 1. The molecule has 1 aromatic rings. The van der Waals surface area contributed by atoms with Gasteiger partial charge in [0.1, 0.15) is 5.78 Å². The molecule has 4 atom stereocenters. The largest absolute Gasteiger partial charge is 0.481 e. The molecule has 6 heteroatoms. The fourth-order valence-corrected chi connectivity index (χ4v) is 5.08. The number of aliphatic hydroxyl groups excluding tert-OH is 1. The maximum absolute atomic E-state index is 12.8. The highest BCUT2D eigenvalue weighted by Crippen LogP contribution is 2.31. The van der Waals surface area contributed by atoms with Crippen molar-refractivity contribution in [3.63, 3.8) is 0 Å². The Hall–Kier alpha value is -1.53. The lowest BCUT2D eigenvalue weighted by molar-refractivity contribution is -0.145. The van der Waals surface area contributed by atoms with Gasteiger partial charge in [-0.15, -0.1) is 11.3 Å². The second-order valence-electron chi connectivity index (χ2n) is 10.7. The molecule has 1 aromatic heterocycles. The van der Waals surface area contributed by atoms with E-state index in [0.717, 1.165) is 36.4 Å². The molecular weight excluding hydrogens is 434 g/mol. The van der Waals surface area contributed by atoms with E-state index < -0.39 is 23.9 Å². The Balaban J connectivity index is 2.30. The van der Waals surface area contributed by atoms with Gasteiger partial charge in [0.25, 0.3) is 0 Å². The zero-order chi connectivity index (χ0) is 25.2. The minimum atomic E-state index is -1.16. The first kappa shape index (κ1) is 29.5. The smallest absolute Gasteiger partial charge is 0.306 e. The number of rotatable bonds is 16. The van der Waals surface area contributed by atoms with Crippen LogP contribution in [0.25, 0.3) is 6.08 Å². The highest BCUT2D eigenvalue weighted by atomic mass is 32.1. The number of allylic oxidation sites excluding steroid dienone is 1. The van der Waals surface area contributed by atoms with Gasteiger partial charge in [-0.25, -0.2) is 4.98 Å². The normalized spacial score (nSPS) is 16.3. The van der Waals surface area contributed by atoms with Crippen molar-refractivity contribution in [3.05, 3.63) is 21.7 Å². The van der Waals surface area contributed by atoms with Gasteiger partial charge in [0.15, 0.2) is 0 Å². The van der Waals surface area contributed by atoms with E-state index in [9.17, 15) is 14.7 Å². The fourth-order valence-electron chi connectivity index (χ4n) is 4.51. The molecule has 0 amide bonds. The Kier molecular flexibility index (Phi) is 12.5. The SMILES string of the molecule is C/C(=C\c1csc(C)n1)CCCC(C)CCCC(C)CC(C)C(=O)C(C)(C)C(O)CC(=O)O. The predicted octanol–water partition coefficient (Wildman–Crippen LogP) is 6.92. The Morgan fingerprint density at radius 1 is 1.12 bits per heavy atom. The molecule has 5 nitrogen and oxygen atoms in total. The molecule has 4 unspecified atom stereocenters. The number of carbonyl (C=O) groups is 2. The van der Waals surface area contributed by atoms with Gasteiger partial charge in [-0.05, 0) is 51.0 Å².